The van der Waals surface area contributed by atoms with Gasteiger partial charge < -0.3 is 16.6 Å². The Morgan fingerprint density at radius 1 is 1.15 bits per heavy atom. The molecule has 0 aliphatic carbocycles. The molecule has 4 rings (SSSR count). The predicted molar refractivity (Wildman–Crippen MR) is 105 cm³/mol. The maximum absolute atomic E-state index is 12.1. The molecule has 0 radical (unpaired) electrons. The minimum atomic E-state index is -0.706. The second-order valence-corrected chi connectivity index (χ2v) is 6.75. The van der Waals surface area contributed by atoms with E-state index in [1.807, 2.05) is 6.92 Å². The van der Waals surface area contributed by atoms with Crippen molar-refractivity contribution in [1.29, 1.82) is 0 Å². The summed E-state index contributed by atoms with van der Waals surface area (Å²) in [6, 6.07) is 8.56. The number of benzene rings is 2. The number of phenols is 1. The van der Waals surface area contributed by atoms with Gasteiger partial charge in [-0.05, 0) is 37.6 Å². The molecule has 27 heavy (non-hydrogen) atoms. The molecule has 4 aromatic rings. The first-order valence-electron chi connectivity index (χ1n) is 8.16. The van der Waals surface area contributed by atoms with Crippen LogP contribution in [0.3, 0.4) is 0 Å². The van der Waals surface area contributed by atoms with Crippen LogP contribution >= 0.6 is 11.6 Å². The summed E-state index contributed by atoms with van der Waals surface area (Å²) in [4.78, 5) is 21.3. The monoisotopic (exact) mass is 381 g/mol. The number of primary amides is 1. The first-order valence-corrected chi connectivity index (χ1v) is 8.54. The Hall–Kier alpha value is -3.32. The molecule has 0 saturated heterocycles. The maximum Gasteiger partial charge on any atom is 0.254 e. The lowest BCUT2D eigenvalue weighted by Crippen LogP contribution is -2.14. The molecule has 0 unspecified atom stereocenters. The van der Waals surface area contributed by atoms with E-state index in [0.717, 1.165) is 5.56 Å². The summed E-state index contributed by atoms with van der Waals surface area (Å²) in [6.07, 6.45) is 0. The number of fused-ring (bicyclic) bond motifs is 2. The standard InChI is InChI=1S/C19H16ClN5O2/c1-8-6-7-12(26)9(2)16(8)25-17(21)13(18(22)27)15-19(25)24-14-10(20)4-3-5-11(14)23-15/h3-7,26H,21H2,1-2H3,(H2,22,27). The third-order valence-electron chi connectivity index (χ3n) is 4.65. The van der Waals surface area contributed by atoms with E-state index in [1.165, 1.54) is 0 Å². The first-order chi connectivity index (χ1) is 12.8. The van der Waals surface area contributed by atoms with Crippen LogP contribution < -0.4 is 11.5 Å². The van der Waals surface area contributed by atoms with Gasteiger partial charge >= 0.3 is 0 Å². The number of hydrogen-bond acceptors (Lipinski definition) is 5. The van der Waals surface area contributed by atoms with E-state index >= 15 is 0 Å². The summed E-state index contributed by atoms with van der Waals surface area (Å²) < 4.78 is 1.59. The number of amides is 1. The average Bonchev–Trinajstić information content (AvgIpc) is 2.89. The summed E-state index contributed by atoms with van der Waals surface area (Å²) in [7, 11) is 0. The second kappa shape index (κ2) is 5.85. The number of carbonyl (C=O) groups excluding carboxylic acids is 1. The zero-order valence-corrected chi connectivity index (χ0v) is 15.4. The minimum absolute atomic E-state index is 0.0847. The third kappa shape index (κ3) is 2.39. The second-order valence-electron chi connectivity index (χ2n) is 6.34. The van der Waals surface area contributed by atoms with Crippen molar-refractivity contribution in [2.75, 3.05) is 5.73 Å². The van der Waals surface area contributed by atoms with Gasteiger partial charge in [-0.2, -0.15) is 0 Å². The van der Waals surface area contributed by atoms with Gasteiger partial charge in [-0.1, -0.05) is 23.7 Å². The molecule has 0 atom stereocenters. The SMILES string of the molecule is Cc1ccc(O)c(C)c1-n1c(N)c(C(N)=O)c2nc3cccc(Cl)c3nc21. The van der Waals surface area contributed by atoms with Crippen LogP contribution in [0, 0.1) is 13.8 Å². The lowest BCUT2D eigenvalue weighted by molar-refractivity contribution is 0.100. The highest BCUT2D eigenvalue weighted by atomic mass is 35.5. The molecule has 0 fully saturated rings. The number of para-hydroxylation sites is 1. The summed E-state index contributed by atoms with van der Waals surface area (Å²) in [5.41, 5.74) is 15.7. The van der Waals surface area contributed by atoms with Crippen LogP contribution in [0.25, 0.3) is 27.9 Å². The summed E-state index contributed by atoms with van der Waals surface area (Å²) in [6.45, 7) is 3.63. The Kier molecular flexibility index (Phi) is 3.71. The van der Waals surface area contributed by atoms with Crippen molar-refractivity contribution in [1.82, 2.24) is 14.5 Å². The number of halogens is 1. The van der Waals surface area contributed by atoms with Crippen molar-refractivity contribution in [3.8, 4) is 11.4 Å². The highest BCUT2D eigenvalue weighted by Gasteiger charge is 2.25. The fourth-order valence-electron chi connectivity index (χ4n) is 3.34. The molecule has 1 amide bonds. The zero-order chi connectivity index (χ0) is 19.5. The van der Waals surface area contributed by atoms with Gasteiger partial charge in [0.1, 0.15) is 28.2 Å². The quantitative estimate of drug-likeness (QED) is 0.492. The number of aryl methyl sites for hydroxylation is 1. The molecule has 0 aliphatic rings. The largest absolute Gasteiger partial charge is 0.508 e. The summed E-state index contributed by atoms with van der Waals surface area (Å²) in [5.74, 6) is -0.493. The number of nitrogens with two attached hydrogens (primary N) is 2. The normalized spacial score (nSPS) is 11.4. The van der Waals surface area contributed by atoms with Crippen molar-refractivity contribution < 1.29 is 9.90 Å². The van der Waals surface area contributed by atoms with Crippen LogP contribution in [-0.4, -0.2) is 25.5 Å². The van der Waals surface area contributed by atoms with Gasteiger partial charge in [0, 0.05) is 5.56 Å². The van der Waals surface area contributed by atoms with E-state index in [4.69, 9.17) is 23.1 Å². The van der Waals surface area contributed by atoms with Crippen LogP contribution in [0.4, 0.5) is 5.82 Å². The zero-order valence-electron chi connectivity index (χ0n) is 14.6. The fourth-order valence-corrected chi connectivity index (χ4v) is 3.56. The number of nitrogen functional groups attached to an aromatic ring is 1. The number of aromatic nitrogens is 3. The van der Waals surface area contributed by atoms with Gasteiger partial charge in [-0.3, -0.25) is 9.36 Å². The van der Waals surface area contributed by atoms with Gasteiger partial charge in [-0.15, -0.1) is 0 Å². The van der Waals surface area contributed by atoms with Gasteiger partial charge in [0.05, 0.1) is 16.2 Å². The molecule has 2 aromatic carbocycles. The van der Waals surface area contributed by atoms with Gasteiger partial charge in [0.25, 0.3) is 5.91 Å². The number of aromatic hydroxyl groups is 1. The average molecular weight is 382 g/mol. The summed E-state index contributed by atoms with van der Waals surface area (Å²) in [5, 5.41) is 10.6. The predicted octanol–water partition coefficient (Wildman–Crippen LogP) is 3.23. The number of hydrogen-bond donors (Lipinski definition) is 3. The Morgan fingerprint density at radius 2 is 1.89 bits per heavy atom. The van der Waals surface area contributed by atoms with Crippen LogP contribution in [0.1, 0.15) is 21.5 Å². The Morgan fingerprint density at radius 3 is 2.59 bits per heavy atom. The Balaban J connectivity index is 2.25. The lowest BCUT2D eigenvalue weighted by atomic mass is 10.1. The molecule has 0 saturated carbocycles. The molecular weight excluding hydrogens is 366 g/mol. The van der Waals surface area contributed by atoms with E-state index in [1.54, 1.807) is 41.8 Å². The number of carbonyl (C=O) groups is 1. The highest BCUT2D eigenvalue weighted by Crippen LogP contribution is 2.36. The Bertz CT molecular complexity index is 1260. The molecule has 2 aromatic heterocycles. The molecule has 8 heteroatoms. The van der Waals surface area contributed by atoms with Crippen molar-refractivity contribution >= 4 is 45.5 Å². The highest BCUT2D eigenvalue weighted by molar-refractivity contribution is 6.35. The molecule has 0 bridgehead atoms. The molecule has 5 N–H and O–H groups in total. The third-order valence-corrected chi connectivity index (χ3v) is 4.95. The number of nitrogens with zero attached hydrogens (tertiary/aromatic N) is 3. The molecule has 0 aliphatic heterocycles. The number of phenolic OH excluding ortho intramolecular Hbond substituents is 1. The van der Waals surface area contributed by atoms with Crippen molar-refractivity contribution in [3.63, 3.8) is 0 Å². The van der Waals surface area contributed by atoms with Crippen molar-refractivity contribution in [2.45, 2.75) is 13.8 Å². The molecule has 0 spiro atoms. The maximum atomic E-state index is 12.1. The van der Waals surface area contributed by atoms with E-state index < -0.39 is 5.91 Å². The minimum Gasteiger partial charge on any atom is -0.508 e. The molecule has 7 nitrogen and oxygen atoms in total. The smallest absolute Gasteiger partial charge is 0.254 e. The number of anilines is 1. The summed E-state index contributed by atoms with van der Waals surface area (Å²) >= 11 is 6.28. The van der Waals surface area contributed by atoms with Crippen molar-refractivity contribution in [2.24, 2.45) is 5.73 Å². The van der Waals surface area contributed by atoms with Crippen LogP contribution in [-0.2, 0) is 0 Å². The number of rotatable bonds is 2. The van der Waals surface area contributed by atoms with E-state index in [-0.39, 0.29) is 22.6 Å². The van der Waals surface area contributed by atoms with Gasteiger partial charge in [0.2, 0.25) is 0 Å². The van der Waals surface area contributed by atoms with Gasteiger partial charge in [-0.25, -0.2) is 9.97 Å². The van der Waals surface area contributed by atoms with Crippen LogP contribution in [0.5, 0.6) is 5.75 Å². The van der Waals surface area contributed by atoms with E-state index in [0.29, 0.717) is 33.0 Å². The van der Waals surface area contributed by atoms with Crippen LogP contribution in [0.2, 0.25) is 5.02 Å². The topological polar surface area (TPSA) is 120 Å². The van der Waals surface area contributed by atoms with E-state index in [2.05, 4.69) is 9.97 Å². The lowest BCUT2D eigenvalue weighted by Gasteiger charge is -2.15. The fraction of sp³-hybridized carbons (Fsp3) is 0.105. The Labute approximate surface area is 159 Å². The molecular formula is C19H16ClN5O2. The molecule has 136 valence electrons. The van der Waals surface area contributed by atoms with E-state index in [9.17, 15) is 9.90 Å². The van der Waals surface area contributed by atoms with Gasteiger partial charge in [0.15, 0.2) is 5.65 Å². The molecule has 2 heterocycles. The first kappa shape index (κ1) is 17.1. The van der Waals surface area contributed by atoms with Crippen molar-refractivity contribution in [3.05, 3.63) is 52.0 Å². The van der Waals surface area contributed by atoms with Crippen LogP contribution in [0.15, 0.2) is 30.3 Å².